The Morgan fingerprint density at radius 1 is 0.909 bits per heavy atom. The van der Waals surface area contributed by atoms with Crippen LogP contribution in [0.2, 0.25) is 0 Å². The van der Waals surface area contributed by atoms with Crippen LogP contribution < -0.4 is 5.90 Å². The maximum atomic E-state index is 5.09. The van der Waals surface area contributed by atoms with E-state index < -0.39 is 0 Å². The van der Waals surface area contributed by atoms with Gasteiger partial charge in [0.1, 0.15) is 0 Å². The average Bonchev–Trinajstić information content (AvgIpc) is 2.03. The highest BCUT2D eigenvalue weighted by atomic mass is 32.1. The van der Waals surface area contributed by atoms with Crippen molar-refractivity contribution in [1.29, 1.82) is 0 Å². The van der Waals surface area contributed by atoms with E-state index in [4.69, 9.17) is 15.4 Å². The van der Waals surface area contributed by atoms with E-state index >= 15 is 0 Å². The van der Waals surface area contributed by atoms with Crippen molar-refractivity contribution in [2.45, 2.75) is 0 Å². The quantitative estimate of drug-likeness (QED) is 0.310. The van der Waals surface area contributed by atoms with E-state index in [9.17, 15) is 0 Å². The minimum atomic E-state index is 0.423. The largest absolute Gasteiger partial charge is 0.378 e. The van der Waals surface area contributed by atoms with Gasteiger partial charge < -0.3 is 14.3 Å². The molecule has 5 heteroatoms. The summed E-state index contributed by atoms with van der Waals surface area (Å²) in [5, 5.41) is 0. The molecular formula is C6H15NO3S. The van der Waals surface area contributed by atoms with Crippen LogP contribution in [0.1, 0.15) is 0 Å². The molecule has 0 unspecified atom stereocenters. The van der Waals surface area contributed by atoms with Crippen LogP contribution in [-0.4, -0.2) is 38.8 Å². The van der Waals surface area contributed by atoms with Crippen LogP contribution in [0.4, 0.5) is 0 Å². The van der Waals surface area contributed by atoms with E-state index in [2.05, 4.69) is 17.5 Å². The van der Waals surface area contributed by atoms with Crippen LogP contribution in [0.15, 0.2) is 0 Å². The molecule has 2 N–H and O–H groups in total. The predicted octanol–water partition coefficient (Wildman–Crippen LogP) is -0.160. The Morgan fingerprint density at radius 3 is 2.00 bits per heavy atom. The lowest BCUT2D eigenvalue weighted by molar-refractivity contribution is 0.0171. The van der Waals surface area contributed by atoms with Crippen LogP contribution in [-0.2, 0) is 14.3 Å². The second kappa shape index (κ2) is 10.2. The Labute approximate surface area is 72.4 Å². The van der Waals surface area contributed by atoms with Gasteiger partial charge >= 0.3 is 0 Å². The fourth-order valence-corrected chi connectivity index (χ4v) is 0.623. The van der Waals surface area contributed by atoms with Gasteiger partial charge in [-0.25, -0.2) is 5.90 Å². The molecule has 0 radical (unpaired) electrons. The van der Waals surface area contributed by atoms with Crippen LogP contribution in [0.3, 0.4) is 0 Å². The molecule has 0 aliphatic heterocycles. The van der Waals surface area contributed by atoms with Gasteiger partial charge in [0.25, 0.3) is 0 Å². The van der Waals surface area contributed by atoms with Crippen molar-refractivity contribution in [2.24, 2.45) is 5.90 Å². The number of rotatable bonds is 8. The summed E-state index contributed by atoms with van der Waals surface area (Å²) >= 11 is 3.98. The second-order valence-corrected chi connectivity index (χ2v) is 2.27. The molecule has 4 nitrogen and oxygen atoms in total. The van der Waals surface area contributed by atoms with E-state index in [1.54, 1.807) is 0 Å². The molecular weight excluding hydrogens is 166 g/mol. The number of hydrogen-bond donors (Lipinski definition) is 2. The van der Waals surface area contributed by atoms with E-state index in [0.717, 1.165) is 5.75 Å². The molecule has 0 spiro atoms. The molecule has 0 aromatic heterocycles. The van der Waals surface area contributed by atoms with Crippen molar-refractivity contribution in [1.82, 2.24) is 0 Å². The number of thiol groups is 1. The van der Waals surface area contributed by atoms with Gasteiger partial charge in [-0.3, -0.25) is 0 Å². The number of hydrogen-bond acceptors (Lipinski definition) is 5. The first-order valence-corrected chi connectivity index (χ1v) is 4.13. The van der Waals surface area contributed by atoms with E-state index in [1.807, 2.05) is 0 Å². The standard InChI is InChI=1S/C6H15NO3S/c7-10-4-3-8-1-2-9-5-6-11/h11H,1-7H2. The van der Waals surface area contributed by atoms with Crippen molar-refractivity contribution in [3.05, 3.63) is 0 Å². The SMILES string of the molecule is NOCCOCCOCCS. The Balaban J connectivity index is 2.69. The van der Waals surface area contributed by atoms with Crippen LogP contribution in [0.25, 0.3) is 0 Å². The van der Waals surface area contributed by atoms with E-state index in [1.165, 1.54) is 0 Å². The van der Waals surface area contributed by atoms with Gasteiger partial charge in [0, 0.05) is 5.75 Å². The minimum absolute atomic E-state index is 0.423. The molecule has 0 bridgehead atoms. The Kier molecular flexibility index (Phi) is 10.4. The molecule has 0 atom stereocenters. The zero-order valence-corrected chi connectivity index (χ0v) is 7.39. The third-order valence-corrected chi connectivity index (χ3v) is 1.14. The second-order valence-electron chi connectivity index (χ2n) is 1.82. The topological polar surface area (TPSA) is 53.7 Å². The minimum Gasteiger partial charge on any atom is -0.378 e. The van der Waals surface area contributed by atoms with Gasteiger partial charge in [-0.05, 0) is 0 Å². The number of nitrogens with two attached hydrogens (primary N) is 1. The van der Waals surface area contributed by atoms with Gasteiger partial charge in [-0.15, -0.1) is 0 Å². The molecule has 0 fully saturated rings. The normalized spacial score (nSPS) is 10.4. The first kappa shape index (κ1) is 11.2. The molecule has 0 aromatic rings. The molecule has 0 aliphatic rings. The molecule has 11 heavy (non-hydrogen) atoms. The molecule has 0 rings (SSSR count). The van der Waals surface area contributed by atoms with Crippen LogP contribution in [0.5, 0.6) is 0 Å². The van der Waals surface area contributed by atoms with E-state index in [-0.39, 0.29) is 0 Å². The molecule has 0 aliphatic carbocycles. The Morgan fingerprint density at radius 2 is 1.45 bits per heavy atom. The summed E-state index contributed by atoms with van der Waals surface area (Å²) in [6, 6.07) is 0. The van der Waals surface area contributed by atoms with Crippen LogP contribution in [0, 0.1) is 0 Å². The van der Waals surface area contributed by atoms with Gasteiger partial charge in [-0.1, -0.05) is 0 Å². The summed E-state index contributed by atoms with van der Waals surface area (Å²) in [6.45, 7) is 2.79. The third-order valence-electron chi connectivity index (χ3n) is 0.953. The van der Waals surface area contributed by atoms with Crippen molar-refractivity contribution >= 4 is 12.6 Å². The first-order chi connectivity index (χ1) is 5.41. The zero-order valence-electron chi connectivity index (χ0n) is 6.49. The highest BCUT2D eigenvalue weighted by Gasteiger charge is 1.87. The summed E-state index contributed by atoms with van der Waals surface area (Å²) in [4.78, 5) is 4.29. The van der Waals surface area contributed by atoms with Gasteiger partial charge in [0.15, 0.2) is 0 Å². The summed E-state index contributed by atoms with van der Waals surface area (Å²) in [6.07, 6.45) is 0. The smallest absolute Gasteiger partial charge is 0.0913 e. The molecule has 0 amide bonds. The molecule has 0 heterocycles. The van der Waals surface area contributed by atoms with E-state index in [0.29, 0.717) is 33.0 Å². The lowest BCUT2D eigenvalue weighted by atomic mass is 10.7. The molecule has 0 saturated carbocycles. The van der Waals surface area contributed by atoms with Crippen molar-refractivity contribution in [3.8, 4) is 0 Å². The zero-order chi connectivity index (χ0) is 8.36. The van der Waals surface area contributed by atoms with Gasteiger partial charge in [-0.2, -0.15) is 12.6 Å². The molecule has 0 aromatic carbocycles. The first-order valence-electron chi connectivity index (χ1n) is 3.50. The lowest BCUT2D eigenvalue weighted by Gasteiger charge is -2.03. The maximum absolute atomic E-state index is 5.09. The fraction of sp³-hybridized carbons (Fsp3) is 1.00. The Bertz CT molecular complexity index is 66.8. The summed E-state index contributed by atoms with van der Waals surface area (Å²) < 4.78 is 10.2. The maximum Gasteiger partial charge on any atom is 0.0913 e. The van der Waals surface area contributed by atoms with Gasteiger partial charge in [0.05, 0.1) is 33.0 Å². The summed E-state index contributed by atoms with van der Waals surface area (Å²) in [5.74, 6) is 5.51. The van der Waals surface area contributed by atoms with Crippen molar-refractivity contribution in [2.75, 3.05) is 38.8 Å². The molecule has 0 saturated heterocycles. The highest BCUT2D eigenvalue weighted by Crippen LogP contribution is 1.80. The lowest BCUT2D eigenvalue weighted by Crippen LogP contribution is -2.11. The fourth-order valence-electron chi connectivity index (χ4n) is 0.494. The van der Waals surface area contributed by atoms with Crippen molar-refractivity contribution in [3.63, 3.8) is 0 Å². The van der Waals surface area contributed by atoms with Crippen LogP contribution >= 0.6 is 12.6 Å². The highest BCUT2D eigenvalue weighted by molar-refractivity contribution is 7.80. The average molecular weight is 181 g/mol. The number of ether oxygens (including phenoxy) is 2. The van der Waals surface area contributed by atoms with Crippen molar-refractivity contribution < 1.29 is 14.3 Å². The van der Waals surface area contributed by atoms with Gasteiger partial charge in [0.2, 0.25) is 0 Å². The Hall–Kier alpha value is 0.190. The summed E-state index contributed by atoms with van der Waals surface area (Å²) in [5.41, 5.74) is 0. The molecule has 68 valence electrons. The third kappa shape index (κ3) is 10.2. The summed E-state index contributed by atoms with van der Waals surface area (Å²) in [7, 11) is 0. The monoisotopic (exact) mass is 181 g/mol. The predicted molar refractivity (Wildman–Crippen MR) is 45.6 cm³/mol.